The molecule has 0 aliphatic carbocycles. The molecule has 0 radical (unpaired) electrons. The van der Waals surface area contributed by atoms with Crippen LogP contribution >= 0.6 is 0 Å². The number of fused-ring (bicyclic) bond motifs is 1. The summed E-state index contributed by atoms with van der Waals surface area (Å²) in [5.41, 5.74) is 3.82. The standard InChI is InChI=1S/C23H26N4O3/c1-15(22(28)29)16-4-2-5-17(12-16)20-14-27-21-13-18(6-7-19(20)21)30-11-3-8-24-23-25-9-10-26-23/h2,4-7,12-15,27H,3,8-11H2,1H3,(H,28,29)(H2,24,25,26). The molecule has 156 valence electrons. The smallest absolute Gasteiger partial charge is 0.310 e. The highest BCUT2D eigenvalue weighted by atomic mass is 16.5. The third kappa shape index (κ3) is 4.40. The maximum atomic E-state index is 11.3. The van der Waals surface area contributed by atoms with Crippen LogP contribution in [0.2, 0.25) is 0 Å². The number of aliphatic imine (C=N–C) groups is 1. The van der Waals surface area contributed by atoms with Gasteiger partial charge in [-0.15, -0.1) is 0 Å². The Labute approximate surface area is 175 Å². The van der Waals surface area contributed by atoms with Crippen molar-refractivity contribution in [2.75, 3.05) is 26.2 Å². The van der Waals surface area contributed by atoms with Gasteiger partial charge in [-0.05, 0) is 36.6 Å². The van der Waals surface area contributed by atoms with Crippen molar-refractivity contribution < 1.29 is 14.6 Å². The van der Waals surface area contributed by atoms with Gasteiger partial charge in [0.05, 0.1) is 19.1 Å². The van der Waals surface area contributed by atoms with E-state index in [9.17, 15) is 9.90 Å². The minimum atomic E-state index is -0.824. The fourth-order valence-electron chi connectivity index (χ4n) is 3.54. The predicted molar refractivity (Wildman–Crippen MR) is 118 cm³/mol. The maximum Gasteiger partial charge on any atom is 0.310 e. The van der Waals surface area contributed by atoms with Crippen LogP contribution in [0.5, 0.6) is 5.75 Å². The molecule has 1 aromatic heterocycles. The molecule has 0 fully saturated rings. The quantitative estimate of drug-likeness (QED) is 0.430. The second-order valence-electron chi connectivity index (χ2n) is 7.38. The van der Waals surface area contributed by atoms with Gasteiger partial charge in [0.2, 0.25) is 0 Å². The Balaban J connectivity index is 1.41. The molecule has 4 N–H and O–H groups in total. The van der Waals surface area contributed by atoms with E-state index in [4.69, 9.17) is 4.74 Å². The maximum absolute atomic E-state index is 11.3. The zero-order chi connectivity index (χ0) is 20.9. The number of carboxylic acids is 1. The number of nitrogens with one attached hydrogen (secondary N) is 3. The SMILES string of the molecule is CC(C(=O)O)c1cccc(-c2c[nH]c3cc(OCCCNC4=NCCN4)ccc23)c1. The van der Waals surface area contributed by atoms with Crippen LogP contribution < -0.4 is 15.4 Å². The van der Waals surface area contributed by atoms with E-state index < -0.39 is 11.9 Å². The summed E-state index contributed by atoms with van der Waals surface area (Å²) in [5.74, 6) is 0.328. The molecule has 0 saturated heterocycles. The van der Waals surface area contributed by atoms with Crippen molar-refractivity contribution in [3.63, 3.8) is 0 Å². The lowest BCUT2D eigenvalue weighted by Gasteiger charge is -2.09. The fraction of sp³-hybridized carbons (Fsp3) is 0.304. The summed E-state index contributed by atoms with van der Waals surface area (Å²) in [4.78, 5) is 18.9. The van der Waals surface area contributed by atoms with Crippen LogP contribution in [-0.2, 0) is 4.79 Å². The fourth-order valence-corrected chi connectivity index (χ4v) is 3.54. The number of aromatic nitrogens is 1. The molecule has 2 heterocycles. The molecule has 7 nitrogen and oxygen atoms in total. The van der Waals surface area contributed by atoms with E-state index >= 15 is 0 Å². The summed E-state index contributed by atoms with van der Waals surface area (Å²) in [5, 5.41) is 16.8. The van der Waals surface area contributed by atoms with E-state index in [2.05, 4.69) is 20.6 Å². The molecule has 0 spiro atoms. The number of hydrogen-bond acceptors (Lipinski definition) is 5. The van der Waals surface area contributed by atoms with Gasteiger partial charge in [-0.1, -0.05) is 24.3 Å². The van der Waals surface area contributed by atoms with E-state index in [1.165, 1.54) is 0 Å². The molecule has 7 heteroatoms. The largest absolute Gasteiger partial charge is 0.493 e. The van der Waals surface area contributed by atoms with Gasteiger partial charge in [0.15, 0.2) is 5.96 Å². The van der Waals surface area contributed by atoms with Crippen molar-refractivity contribution in [3.8, 4) is 16.9 Å². The Morgan fingerprint density at radius 2 is 2.20 bits per heavy atom. The highest BCUT2D eigenvalue weighted by Gasteiger charge is 2.15. The van der Waals surface area contributed by atoms with Crippen molar-refractivity contribution in [1.29, 1.82) is 0 Å². The molecule has 0 amide bonds. The Kier molecular flexibility index (Phi) is 5.88. The van der Waals surface area contributed by atoms with Crippen molar-refractivity contribution >= 4 is 22.8 Å². The Morgan fingerprint density at radius 3 is 3.00 bits per heavy atom. The molecule has 0 saturated carbocycles. The van der Waals surface area contributed by atoms with Crippen LogP contribution in [0.25, 0.3) is 22.0 Å². The van der Waals surface area contributed by atoms with Gasteiger partial charge in [-0.2, -0.15) is 0 Å². The average molecular weight is 406 g/mol. The third-order valence-electron chi connectivity index (χ3n) is 5.28. The van der Waals surface area contributed by atoms with Gasteiger partial charge < -0.3 is 25.5 Å². The number of rotatable bonds is 8. The van der Waals surface area contributed by atoms with Crippen molar-refractivity contribution in [1.82, 2.24) is 15.6 Å². The van der Waals surface area contributed by atoms with Gasteiger partial charge in [0.1, 0.15) is 5.75 Å². The zero-order valence-electron chi connectivity index (χ0n) is 16.9. The minimum absolute atomic E-state index is 0.541. The number of aromatic amines is 1. The van der Waals surface area contributed by atoms with Crippen molar-refractivity contribution in [2.24, 2.45) is 4.99 Å². The Morgan fingerprint density at radius 1 is 1.30 bits per heavy atom. The number of ether oxygens (including phenoxy) is 1. The zero-order valence-corrected chi connectivity index (χ0v) is 16.9. The first-order chi connectivity index (χ1) is 14.6. The lowest BCUT2D eigenvalue weighted by molar-refractivity contribution is -0.138. The van der Waals surface area contributed by atoms with E-state index in [0.717, 1.165) is 65.4 Å². The molecular formula is C23H26N4O3. The molecule has 3 aromatic rings. The number of aliphatic carboxylic acids is 1. The number of carbonyl (C=O) groups is 1. The molecular weight excluding hydrogens is 380 g/mol. The average Bonchev–Trinajstić information content (AvgIpc) is 3.42. The summed E-state index contributed by atoms with van der Waals surface area (Å²) in [6, 6.07) is 13.7. The second-order valence-corrected chi connectivity index (χ2v) is 7.38. The predicted octanol–water partition coefficient (Wildman–Crippen LogP) is 3.34. The molecule has 1 aliphatic rings. The third-order valence-corrected chi connectivity index (χ3v) is 5.28. The van der Waals surface area contributed by atoms with Gasteiger partial charge in [0, 0.05) is 41.8 Å². The van der Waals surface area contributed by atoms with Gasteiger partial charge in [-0.25, -0.2) is 0 Å². The summed E-state index contributed by atoms with van der Waals surface area (Å²) in [6.45, 7) is 4.87. The van der Waals surface area contributed by atoms with Gasteiger partial charge in [-0.3, -0.25) is 9.79 Å². The summed E-state index contributed by atoms with van der Waals surface area (Å²) >= 11 is 0. The lowest BCUT2D eigenvalue weighted by Crippen LogP contribution is -2.34. The number of carboxylic acid groups (broad SMARTS) is 1. The summed E-state index contributed by atoms with van der Waals surface area (Å²) < 4.78 is 5.89. The molecule has 0 bridgehead atoms. The van der Waals surface area contributed by atoms with Gasteiger partial charge in [0.25, 0.3) is 0 Å². The number of nitrogens with zero attached hydrogens (tertiary/aromatic N) is 1. The topological polar surface area (TPSA) is 98.7 Å². The van der Waals surface area contributed by atoms with Gasteiger partial charge >= 0.3 is 5.97 Å². The van der Waals surface area contributed by atoms with Crippen LogP contribution in [0.4, 0.5) is 0 Å². The highest BCUT2D eigenvalue weighted by Crippen LogP contribution is 2.32. The number of hydrogen-bond donors (Lipinski definition) is 4. The first-order valence-corrected chi connectivity index (χ1v) is 10.2. The Hall–Kier alpha value is -3.48. The number of guanidine groups is 1. The summed E-state index contributed by atoms with van der Waals surface area (Å²) in [6.07, 6.45) is 2.83. The van der Waals surface area contributed by atoms with Crippen LogP contribution in [0.15, 0.2) is 53.7 Å². The summed E-state index contributed by atoms with van der Waals surface area (Å²) in [7, 11) is 0. The highest BCUT2D eigenvalue weighted by molar-refractivity contribution is 5.96. The monoisotopic (exact) mass is 406 g/mol. The van der Waals surface area contributed by atoms with Crippen LogP contribution in [-0.4, -0.2) is 48.3 Å². The van der Waals surface area contributed by atoms with Crippen LogP contribution in [0.1, 0.15) is 24.8 Å². The molecule has 1 aliphatic heterocycles. The molecule has 1 atom stereocenters. The van der Waals surface area contributed by atoms with Crippen molar-refractivity contribution in [3.05, 3.63) is 54.2 Å². The van der Waals surface area contributed by atoms with E-state index in [-0.39, 0.29) is 0 Å². The minimum Gasteiger partial charge on any atom is -0.493 e. The van der Waals surface area contributed by atoms with Crippen LogP contribution in [0.3, 0.4) is 0 Å². The van der Waals surface area contributed by atoms with E-state index in [1.54, 1.807) is 6.92 Å². The molecule has 2 aromatic carbocycles. The Bertz CT molecular complexity index is 1070. The number of H-pyrrole nitrogens is 1. The normalized spacial score (nSPS) is 14.2. The van der Waals surface area contributed by atoms with E-state index in [1.807, 2.05) is 48.7 Å². The van der Waals surface area contributed by atoms with Crippen molar-refractivity contribution in [2.45, 2.75) is 19.3 Å². The molecule has 30 heavy (non-hydrogen) atoms. The van der Waals surface area contributed by atoms with Crippen LogP contribution in [0, 0.1) is 0 Å². The van der Waals surface area contributed by atoms with E-state index in [0.29, 0.717) is 6.61 Å². The first kappa shape index (κ1) is 19.8. The number of benzene rings is 2. The molecule has 4 rings (SSSR count). The molecule has 1 unspecified atom stereocenters. The second kappa shape index (κ2) is 8.90. The lowest BCUT2D eigenvalue weighted by atomic mass is 9.96. The first-order valence-electron chi connectivity index (χ1n) is 10.2.